The lowest BCUT2D eigenvalue weighted by molar-refractivity contribution is -0.385. The Hall–Kier alpha value is -3.51. The number of nitro benzene ring substituents is 2. The average Bonchev–Trinajstić information content (AvgIpc) is 3.34. The van der Waals surface area contributed by atoms with Crippen LogP contribution in [0.1, 0.15) is 24.8 Å². The van der Waals surface area contributed by atoms with Gasteiger partial charge in [0.15, 0.2) is 0 Å². The zero-order valence-corrected chi connectivity index (χ0v) is 20.0. The standard InChI is InChI=1S/C23H27N5O6S/c1-35-14-12-20(24-15-16-4-8-18(9-5-16)27(31)32)23(30)26-13-2-3-21(26)22(29)25-17-6-10-19(11-7-17)28(33)34/h4-11,20-21,24H,2-3,12-15H2,1H3,(H,25,29)/t20-,21-/m0/s1. The first-order valence-corrected chi connectivity index (χ1v) is 12.5. The lowest BCUT2D eigenvalue weighted by atomic mass is 10.1. The van der Waals surface area contributed by atoms with Gasteiger partial charge in [-0.05, 0) is 49.0 Å². The van der Waals surface area contributed by atoms with Crippen LogP contribution in [0.4, 0.5) is 17.1 Å². The highest BCUT2D eigenvalue weighted by Crippen LogP contribution is 2.23. The zero-order chi connectivity index (χ0) is 25.4. The van der Waals surface area contributed by atoms with Crippen molar-refractivity contribution >= 4 is 40.6 Å². The third-order valence-electron chi connectivity index (χ3n) is 5.79. The summed E-state index contributed by atoms with van der Waals surface area (Å²) in [5, 5.41) is 27.7. The minimum atomic E-state index is -0.629. The van der Waals surface area contributed by atoms with E-state index < -0.39 is 21.9 Å². The van der Waals surface area contributed by atoms with E-state index in [0.29, 0.717) is 38.0 Å². The molecule has 12 heteroatoms. The normalized spacial score (nSPS) is 16.0. The molecule has 2 N–H and O–H groups in total. The second-order valence-electron chi connectivity index (χ2n) is 8.12. The molecule has 0 saturated carbocycles. The fourth-order valence-electron chi connectivity index (χ4n) is 3.92. The van der Waals surface area contributed by atoms with Crippen molar-refractivity contribution in [2.45, 2.75) is 37.9 Å². The number of carbonyl (C=O) groups excluding carboxylic acids is 2. The molecule has 0 aromatic heterocycles. The van der Waals surface area contributed by atoms with E-state index in [2.05, 4.69) is 10.6 Å². The maximum Gasteiger partial charge on any atom is 0.269 e. The molecule has 0 unspecified atom stereocenters. The van der Waals surface area contributed by atoms with Crippen LogP contribution >= 0.6 is 11.8 Å². The average molecular weight is 502 g/mol. The molecule has 2 aromatic rings. The molecule has 35 heavy (non-hydrogen) atoms. The Labute approximate surface area is 206 Å². The summed E-state index contributed by atoms with van der Waals surface area (Å²) in [6, 6.07) is 10.6. The molecule has 3 rings (SSSR count). The Kier molecular flexibility index (Phi) is 9.15. The van der Waals surface area contributed by atoms with Crippen LogP contribution in [-0.2, 0) is 16.1 Å². The van der Waals surface area contributed by atoms with E-state index in [9.17, 15) is 29.8 Å². The van der Waals surface area contributed by atoms with E-state index in [1.54, 1.807) is 28.8 Å². The molecule has 1 fully saturated rings. The van der Waals surface area contributed by atoms with Gasteiger partial charge in [0.2, 0.25) is 11.8 Å². The van der Waals surface area contributed by atoms with Crippen LogP contribution < -0.4 is 10.6 Å². The van der Waals surface area contributed by atoms with E-state index in [-0.39, 0.29) is 23.2 Å². The van der Waals surface area contributed by atoms with Crippen LogP contribution in [0.25, 0.3) is 0 Å². The summed E-state index contributed by atoms with van der Waals surface area (Å²) in [6.07, 6.45) is 3.75. The minimum Gasteiger partial charge on any atom is -0.329 e. The third-order valence-corrected chi connectivity index (χ3v) is 6.44. The number of hydrogen-bond donors (Lipinski definition) is 2. The Morgan fingerprint density at radius 2 is 1.66 bits per heavy atom. The second-order valence-corrected chi connectivity index (χ2v) is 9.11. The van der Waals surface area contributed by atoms with Crippen LogP contribution in [0.5, 0.6) is 0 Å². The number of anilines is 1. The molecule has 0 spiro atoms. The van der Waals surface area contributed by atoms with E-state index in [1.165, 1.54) is 36.4 Å². The molecule has 1 aliphatic rings. The summed E-state index contributed by atoms with van der Waals surface area (Å²) in [5.41, 5.74) is 1.17. The number of benzene rings is 2. The van der Waals surface area contributed by atoms with Gasteiger partial charge >= 0.3 is 0 Å². The predicted octanol–water partition coefficient (Wildman–Crippen LogP) is 3.34. The number of carbonyl (C=O) groups is 2. The van der Waals surface area contributed by atoms with Gasteiger partial charge in [-0.1, -0.05) is 12.1 Å². The second kappa shape index (κ2) is 12.3. The van der Waals surface area contributed by atoms with E-state index >= 15 is 0 Å². The lowest BCUT2D eigenvalue weighted by Crippen LogP contribution is -2.51. The fraction of sp³-hybridized carbons (Fsp3) is 0.391. The summed E-state index contributed by atoms with van der Waals surface area (Å²) in [6.45, 7) is 0.822. The Bertz CT molecular complexity index is 1060. The van der Waals surface area contributed by atoms with Crippen molar-refractivity contribution in [3.63, 3.8) is 0 Å². The molecule has 0 radical (unpaired) electrons. The smallest absolute Gasteiger partial charge is 0.269 e. The van der Waals surface area contributed by atoms with Crippen LogP contribution in [-0.4, -0.2) is 57.2 Å². The van der Waals surface area contributed by atoms with Crippen LogP contribution in [0.15, 0.2) is 48.5 Å². The molecular formula is C23H27N5O6S. The van der Waals surface area contributed by atoms with Crippen molar-refractivity contribution in [2.24, 2.45) is 0 Å². The van der Waals surface area contributed by atoms with Crippen LogP contribution in [0.3, 0.4) is 0 Å². The van der Waals surface area contributed by atoms with E-state index in [1.807, 2.05) is 6.26 Å². The third kappa shape index (κ3) is 6.99. The first-order valence-electron chi connectivity index (χ1n) is 11.1. The van der Waals surface area contributed by atoms with Gasteiger partial charge in [-0.2, -0.15) is 11.8 Å². The maximum atomic E-state index is 13.4. The molecule has 1 saturated heterocycles. The number of amides is 2. The molecule has 0 aliphatic carbocycles. The molecule has 11 nitrogen and oxygen atoms in total. The quantitative estimate of drug-likeness (QED) is 0.352. The number of nitro groups is 2. The Morgan fingerprint density at radius 1 is 1.06 bits per heavy atom. The van der Waals surface area contributed by atoms with Gasteiger partial charge in [-0.25, -0.2) is 0 Å². The summed E-state index contributed by atoms with van der Waals surface area (Å²) in [7, 11) is 0. The first kappa shape index (κ1) is 26.1. The summed E-state index contributed by atoms with van der Waals surface area (Å²) < 4.78 is 0. The minimum absolute atomic E-state index is 0.00250. The van der Waals surface area contributed by atoms with Gasteiger partial charge in [0.25, 0.3) is 11.4 Å². The number of likely N-dealkylation sites (tertiary alicyclic amines) is 1. The number of nitrogens with one attached hydrogen (secondary N) is 2. The zero-order valence-electron chi connectivity index (χ0n) is 19.2. The van der Waals surface area contributed by atoms with Crippen LogP contribution in [0.2, 0.25) is 0 Å². The molecule has 1 heterocycles. The molecule has 2 aromatic carbocycles. The molecule has 2 amide bonds. The molecule has 0 bridgehead atoms. The van der Waals surface area contributed by atoms with Crippen molar-refractivity contribution in [1.82, 2.24) is 10.2 Å². The number of non-ortho nitro benzene ring substituents is 2. The van der Waals surface area contributed by atoms with Gasteiger partial charge in [0, 0.05) is 43.0 Å². The van der Waals surface area contributed by atoms with Crippen molar-refractivity contribution in [3.05, 3.63) is 74.3 Å². The molecule has 186 valence electrons. The van der Waals surface area contributed by atoms with Crippen molar-refractivity contribution in [2.75, 3.05) is 23.9 Å². The summed E-state index contributed by atoms with van der Waals surface area (Å²) in [4.78, 5) is 48.6. The monoisotopic (exact) mass is 501 g/mol. The van der Waals surface area contributed by atoms with Crippen molar-refractivity contribution in [1.29, 1.82) is 0 Å². The lowest BCUT2D eigenvalue weighted by Gasteiger charge is -2.29. The van der Waals surface area contributed by atoms with Gasteiger partial charge in [-0.3, -0.25) is 29.8 Å². The van der Waals surface area contributed by atoms with Gasteiger partial charge in [-0.15, -0.1) is 0 Å². The predicted molar refractivity (Wildman–Crippen MR) is 133 cm³/mol. The number of hydrogen-bond acceptors (Lipinski definition) is 8. The molecule has 2 atom stereocenters. The summed E-state index contributed by atoms with van der Waals surface area (Å²) in [5.74, 6) is 0.253. The Balaban J connectivity index is 1.65. The molecular weight excluding hydrogens is 474 g/mol. The highest BCUT2D eigenvalue weighted by molar-refractivity contribution is 7.98. The molecule has 1 aliphatic heterocycles. The Morgan fingerprint density at radius 3 is 2.23 bits per heavy atom. The number of nitrogens with zero attached hydrogens (tertiary/aromatic N) is 3. The van der Waals surface area contributed by atoms with Gasteiger partial charge < -0.3 is 15.5 Å². The number of rotatable bonds is 11. The van der Waals surface area contributed by atoms with Crippen molar-refractivity contribution in [3.8, 4) is 0 Å². The fourth-order valence-corrected chi connectivity index (χ4v) is 4.39. The van der Waals surface area contributed by atoms with Gasteiger partial charge in [0.1, 0.15) is 6.04 Å². The van der Waals surface area contributed by atoms with E-state index in [0.717, 1.165) is 11.3 Å². The SMILES string of the molecule is CSCC[C@H](NCc1ccc([N+](=O)[O-])cc1)C(=O)N1CCC[C@H]1C(=O)Nc1ccc([N+](=O)[O-])cc1. The topological polar surface area (TPSA) is 148 Å². The number of thioether (sulfide) groups is 1. The first-order chi connectivity index (χ1) is 16.8. The summed E-state index contributed by atoms with van der Waals surface area (Å²) >= 11 is 1.62. The highest BCUT2D eigenvalue weighted by Gasteiger charge is 2.37. The van der Waals surface area contributed by atoms with E-state index in [4.69, 9.17) is 0 Å². The largest absolute Gasteiger partial charge is 0.329 e. The van der Waals surface area contributed by atoms with Crippen LogP contribution in [0, 0.1) is 20.2 Å². The maximum absolute atomic E-state index is 13.4. The highest BCUT2D eigenvalue weighted by atomic mass is 32.2. The van der Waals surface area contributed by atoms with Gasteiger partial charge in [0.05, 0.1) is 15.9 Å². The van der Waals surface area contributed by atoms with Crippen molar-refractivity contribution < 1.29 is 19.4 Å².